The van der Waals surface area contributed by atoms with Crippen molar-refractivity contribution in [3.05, 3.63) is 132 Å². The molecule has 0 spiro atoms. The van der Waals surface area contributed by atoms with Crippen LogP contribution in [0.5, 0.6) is 0 Å². The van der Waals surface area contributed by atoms with Crippen molar-refractivity contribution in [2.45, 2.75) is 44.4 Å². The minimum atomic E-state index is -4.01. The van der Waals surface area contributed by atoms with Crippen LogP contribution in [0.15, 0.2) is 121 Å². The first kappa shape index (κ1) is 32.1. The molecular formula is C34H39ClO5SSi. The van der Waals surface area contributed by atoms with E-state index < -0.39 is 35.7 Å². The van der Waals surface area contributed by atoms with Crippen LogP contribution in [0.1, 0.15) is 37.8 Å². The molecule has 0 fully saturated rings. The van der Waals surface area contributed by atoms with Gasteiger partial charge in [-0.1, -0.05) is 142 Å². The van der Waals surface area contributed by atoms with Gasteiger partial charge in [0.2, 0.25) is 0 Å². The Labute approximate surface area is 256 Å². The summed E-state index contributed by atoms with van der Waals surface area (Å²) in [6.45, 7) is 7.21. The van der Waals surface area contributed by atoms with Crippen molar-refractivity contribution in [3.8, 4) is 0 Å². The summed E-state index contributed by atoms with van der Waals surface area (Å²) < 4.78 is 44.6. The normalized spacial score (nSPS) is 13.9. The number of halogens is 1. The topological polar surface area (TPSA) is 61.8 Å². The number of hydrogen-bond donors (Lipinski definition) is 0. The van der Waals surface area contributed by atoms with Crippen LogP contribution in [0, 0.1) is 0 Å². The predicted molar refractivity (Wildman–Crippen MR) is 173 cm³/mol. The molecule has 4 rings (SSSR count). The van der Waals surface area contributed by atoms with Gasteiger partial charge in [-0.05, 0) is 26.5 Å². The second-order valence-corrected chi connectivity index (χ2v) is 17.8. The highest BCUT2D eigenvalue weighted by atomic mass is 35.5. The average molecular weight is 623 g/mol. The molecule has 0 saturated heterocycles. The first-order chi connectivity index (χ1) is 20.2. The Bertz CT molecular complexity index is 1420. The molecule has 0 saturated carbocycles. The van der Waals surface area contributed by atoms with Gasteiger partial charge in [0, 0.05) is 12.5 Å². The number of ether oxygens (including phenoxy) is 1. The fourth-order valence-corrected chi connectivity index (χ4v) is 10.7. The van der Waals surface area contributed by atoms with Gasteiger partial charge in [0.15, 0.2) is 0 Å². The molecule has 0 aliphatic heterocycles. The molecule has 8 heteroatoms. The molecular weight excluding hydrogens is 584 g/mol. The zero-order valence-electron chi connectivity index (χ0n) is 24.4. The van der Waals surface area contributed by atoms with E-state index in [-0.39, 0.29) is 18.3 Å². The summed E-state index contributed by atoms with van der Waals surface area (Å²) in [5, 5.41) is 1.38. The summed E-state index contributed by atoms with van der Waals surface area (Å²) >= 11 is 5.81. The lowest BCUT2D eigenvalue weighted by Crippen LogP contribution is -2.67. The van der Waals surface area contributed by atoms with E-state index in [0.717, 1.165) is 21.5 Å². The molecule has 0 amide bonds. The first-order valence-corrected chi connectivity index (χ1v) is 18.1. The SMILES string of the molecule is CC(C)(C)[Si](OC[C@H](c1ccccc1)[C@H](COCc1ccccc1)OS(=O)(=O)CCl)(c1ccccc1)c1ccccc1. The van der Waals surface area contributed by atoms with Gasteiger partial charge in [0.25, 0.3) is 18.4 Å². The summed E-state index contributed by atoms with van der Waals surface area (Å²) in [4.78, 5) is 0. The molecule has 0 heterocycles. The zero-order valence-corrected chi connectivity index (χ0v) is 26.9. The Balaban J connectivity index is 1.75. The van der Waals surface area contributed by atoms with Crippen LogP contribution in [0.3, 0.4) is 0 Å². The Hall–Kier alpha value is -2.78. The van der Waals surface area contributed by atoms with Crippen LogP contribution in [-0.2, 0) is 30.1 Å². The van der Waals surface area contributed by atoms with E-state index in [1.165, 1.54) is 0 Å². The van der Waals surface area contributed by atoms with Crippen molar-refractivity contribution in [1.82, 2.24) is 0 Å². The minimum absolute atomic E-state index is 0.0364. The summed E-state index contributed by atoms with van der Waals surface area (Å²) in [6.07, 6.45) is -0.863. The molecule has 0 radical (unpaired) electrons. The molecule has 4 aromatic carbocycles. The maximum Gasteiger partial charge on any atom is 0.281 e. The van der Waals surface area contributed by atoms with Crippen molar-refractivity contribution in [3.63, 3.8) is 0 Å². The van der Waals surface area contributed by atoms with Gasteiger partial charge in [-0.25, -0.2) is 0 Å². The molecule has 0 bridgehead atoms. The third-order valence-corrected chi connectivity index (χ3v) is 14.0. The van der Waals surface area contributed by atoms with Crippen molar-refractivity contribution >= 4 is 40.4 Å². The smallest absolute Gasteiger partial charge is 0.281 e. The molecule has 5 nitrogen and oxygen atoms in total. The Kier molecular flexibility index (Phi) is 11.2. The predicted octanol–water partition coefficient (Wildman–Crippen LogP) is 6.47. The van der Waals surface area contributed by atoms with Gasteiger partial charge in [-0.3, -0.25) is 4.18 Å². The second-order valence-electron chi connectivity index (χ2n) is 11.3. The van der Waals surface area contributed by atoms with Crippen LogP contribution in [0.4, 0.5) is 0 Å². The highest BCUT2D eigenvalue weighted by Gasteiger charge is 2.50. The summed E-state index contributed by atoms with van der Waals surface area (Å²) in [7, 11) is -6.93. The Morgan fingerprint density at radius 1 is 0.714 bits per heavy atom. The molecule has 0 aliphatic rings. The van der Waals surface area contributed by atoms with Gasteiger partial charge in [-0.2, -0.15) is 8.42 Å². The monoisotopic (exact) mass is 622 g/mol. The lowest BCUT2D eigenvalue weighted by atomic mass is 9.94. The standard InChI is InChI=1S/C34H39ClO5SSi/c1-34(2,3)42(30-20-12-6-13-21-30,31-22-14-7-15-23-31)39-25-32(29-18-10-5-11-19-29)33(40-41(36,37)27-35)26-38-24-28-16-8-4-9-17-28/h4-23,32-33H,24-27H2,1-3H3/t32-,33+/m1/s1. The maximum absolute atomic E-state index is 12.7. The van der Waals surface area contributed by atoms with E-state index in [0.29, 0.717) is 6.61 Å². The number of alkyl halides is 1. The summed E-state index contributed by atoms with van der Waals surface area (Å²) in [5.74, 6) is -0.457. The maximum atomic E-state index is 12.7. The fourth-order valence-electron chi connectivity index (χ4n) is 5.39. The average Bonchev–Trinajstić information content (AvgIpc) is 3.00. The van der Waals surface area contributed by atoms with Crippen molar-refractivity contribution < 1.29 is 21.8 Å². The highest BCUT2D eigenvalue weighted by molar-refractivity contribution is 7.87. The van der Waals surface area contributed by atoms with E-state index in [1.54, 1.807) is 0 Å². The molecule has 42 heavy (non-hydrogen) atoms. The Morgan fingerprint density at radius 2 is 1.19 bits per heavy atom. The lowest BCUT2D eigenvalue weighted by Gasteiger charge is -2.44. The van der Waals surface area contributed by atoms with Crippen LogP contribution in [0.2, 0.25) is 5.04 Å². The number of benzene rings is 4. The van der Waals surface area contributed by atoms with Gasteiger partial charge in [-0.15, -0.1) is 11.6 Å². The molecule has 4 aromatic rings. The zero-order chi connectivity index (χ0) is 30.1. The van der Waals surface area contributed by atoms with E-state index in [1.807, 2.05) is 97.1 Å². The van der Waals surface area contributed by atoms with Crippen LogP contribution in [0.25, 0.3) is 0 Å². The van der Waals surface area contributed by atoms with Crippen LogP contribution in [-0.4, -0.2) is 41.3 Å². The van der Waals surface area contributed by atoms with Gasteiger partial charge < -0.3 is 9.16 Å². The minimum Gasteiger partial charge on any atom is -0.407 e. The fraction of sp³-hybridized carbons (Fsp3) is 0.294. The van der Waals surface area contributed by atoms with Gasteiger partial charge >= 0.3 is 0 Å². The largest absolute Gasteiger partial charge is 0.407 e. The van der Waals surface area contributed by atoms with E-state index >= 15 is 0 Å². The molecule has 0 unspecified atom stereocenters. The second kappa shape index (κ2) is 14.6. The summed E-state index contributed by atoms with van der Waals surface area (Å²) in [6, 6.07) is 40.2. The molecule has 0 aromatic heterocycles. The van der Waals surface area contributed by atoms with Crippen molar-refractivity contribution in [2.24, 2.45) is 0 Å². The summed E-state index contributed by atoms with van der Waals surface area (Å²) in [5.41, 5.74) is 1.88. The molecule has 0 N–H and O–H groups in total. The number of rotatable bonds is 14. The third kappa shape index (κ3) is 7.98. The van der Waals surface area contributed by atoms with E-state index in [4.69, 9.17) is 24.9 Å². The Morgan fingerprint density at radius 3 is 1.67 bits per heavy atom. The third-order valence-electron chi connectivity index (χ3n) is 7.37. The molecule has 2 atom stereocenters. The number of hydrogen-bond acceptors (Lipinski definition) is 5. The van der Waals surface area contributed by atoms with Gasteiger partial charge in [0.05, 0.1) is 13.2 Å². The van der Waals surface area contributed by atoms with Crippen molar-refractivity contribution in [1.29, 1.82) is 0 Å². The lowest BCUT2D eigenvalue weighted by molar-refractivity contribution is 0.0225. The van der Waals surface area contributed by atoms with Crippen molar-refractivity contribution in [2.75, 3.05) is 18.4 Å². The van der Waals surface area contributed by atoms with Crippen LogP contribution < -0.4 is 10.4 Å². The van der Waals surface area contributed by atoms with E-state index in [9.17, 15) is 8.42 Å². The molecule has 222 valence electrons. The quantitative estimate of drug-likeness (QED) is 0.0916. The highest BCUT2D eigenvalue weighted by Crippen LogP contribution is 2.38. The molecule has 0 aliphatic carbocycles. The van der Waals surface area contributed by atoms with E-state index in [2.05, 4.69) is 45.0 Å². The first-order valence-electron chi connectivity index (χ1n) is 14.0. The van der Waals surface area contributed by atoms with Gasteiger partial charge in [0.1, 0.15) is 11.3 Å². The van der Waals surface area contributed by atoms with Crippen LogP contribution >= 0.6 is 11.6 Å².